The first kappa shape index (κ1) is 13.0. The molecule has 1 atom stereocenters. The van der Waals surface area contributed by atoms with Crippen LogP contribution < -0.4 is 0 Å². The fourth-order valence-electron chi connectivity index (χ4n) is 2.07. The largest absolute Gasteiger partial charge is 0.480 e. The van der Waals surface area contributed by atoms with E-state index in [0.717, 1.165) is 19.4 Å². The van der Waals surface area contributed by atoms with Crippen molar-refractivity contribution in [2.45, 2.75) is 40.0 Å². The van der Waals surface area contributed by atoms with Crippen LogP contribution in [0.5, 0.6) is 0 Å². The highest BCUT2D eigenvalue weighted by Crippen LogP contribution is 2.35. The smallest absolute Gasteiger partial charge is 0.321 e. The molecule has 1 aliphatic rings. The minimum Gasteiger partial charge on any atom is -0.480 e. The summed E-state index contributed by atoms with van der Waals surface area (Å²) < 4.78 is 10.7. The summed E-state index contributed by atoms with van der Waals surface area (Å²) in [4.78, 5) is 16.4. The Kier molecular flexibility index (Phi) is 4.77. The van der Waals surface area contributed by atoms with Gasteiger partial charge >= 0.3 is 5.97 Å². The lowest BCUT2D eigenvalue weighted by molar-refractivity contribution is -0.152. The summed E-state index contributed by atoms with van der Waals surface area (Å²) in [5.74, 6) is 0.381. The van der Waals surface area contributed by atoms with Gasteiger partial charge in [0.1, 0.15) is 5.41 Å². The molecule has 0 radical (unpaired) electrons. The van der Waals surface area contributed by atoms with Crippen molar-refractivity contribution in [3.8, 4) is 0 Å². The highest BCUT2D eigenvalue weighted by molar-refractivity contribution is 6.03. The van der Waals surface area contributed by atoms with Crippen molar-refractivity contribution in [1.82, 2.24) is 0 Å². The Bertz CT molecular complexity index is 275. The average molecular weight is 227 g/mol. The lowest BCUT2D eigenvalue weighted by Crippen LogP contribution is -2.43. The third-order valence-corrected chi connectivity index (χ3v) is 2.98. The van der Waals surface area contributed by atoms with E-state index in [1.54, 1.807) is 0 Å². The number of carbonyl (C=O) groups excluding carboxylic acids is 1. The molecule has 92 valence electrons. The molecule has 1 rings (SSSR count). The van der Waals surface area contributed by atoms with Crippen LogP contribution in [0.3, 0.4) is 0 Å². The molecule has 0 aromatic carbocycles. The number of carbonyl (C=O) groups is 1. The van der Waals surface area contributed by atoms with Gasteiger partial charge in [-0.3, -0.25) is 9.79 Å². The first-order valence-corrected chi connectivity index (χ1v) is 6.06. The van der Waals surface area contributed by atoms with E-state index < -0.39 is 5.41 Å². The highest BCUT2D eigenvalue weighted by atomic mass is 16.5. The third-order valence-electron chi connectivity index (χ3n) is 2.98. The van der Waals surface area contributed by atoms with Gasteiger partial charge in [0.25, 0.3) is 0 Å². The molecule has 0 saturated heterocycles. The lowest BCUT2D eigenvalue weighted by atomic mass is 9.78. The van der Waals surface area contributed by atoms with E-state index in [1.807, 2.05) is 20.8 Å². The second-order valence-electron chi connectivity index (χ2n) is 3.88. The SMILES string of the molecule is CCOC(=O)C1(CC)CCCN=C1OCC. The van der Waals surface area contributed by atoms with Crippen LogP contribution in [0, 0.1) is 5.41 Å². The molecule has 0 bridgehead atoms. The van der Waals surface area contributed by atoms with Gasteiger partial charge in [-0.1, -0.05) is 6.92 Å². The molecule has 0 spiro atoms. The molecule has 0 N–H and O–H groups in total. The van der Waals surface area contributed by atoms with Gasteiger partial charge in [0.15, 0.2) is 0 Å². The van der Waals surface area contributed by atoms with Gasteiger partial charge in [-0.05, 0) is 33.1 Å². The van der Waals surface area contributed by atoms with Gasteiger partial charge in [-0.15, -0.1) is 0 Å². The molecular weight excluding hydrogens is 206 g/mol. The second-order valence-corrected chi connectivity index (χ2v) is 3.88. The van der Waals surface area contributed by atoms with Crippen molar-refractivity contribution in [1.29, 1.82) is 0 Å². The zero-order valence-electron chi connectivity index (χ0n) is 10.4. The summed E-state index contributed by atoms with van der Waals surface area (Å²) in [6, 6.07) is 0. The standard InChI is InChI=1S/C12H21NO3/c1-4-12(11(14)16-6-3)8-7-9-13-10(12)15-5-2/h4-9H2,1-3H3. The number of aliphatic imine (C=N–C) groups is 1. The summed E-state index contributed by atoms with van der Waals surface area (Å²) >= 11 is 0. The first-order chi connectivity index (χ1) is 7.71. The Morgan fingerprint density at radius 2 is 2.12 bits per heavy atom. The number of hydrogen-bond acceptors (Lipinski definition) is 4. The van der Waals surface area contributed by atoms with Crippen molar-refractivity contribution in [2.75, 3.05) is 19.8 Å². The monoisotopic (exact) mass is 227 g/mol. The molecule has 4 nitrogen and oxygen atoms in total. The Labute approximate surface area is 97.0 Å². The number of esters is 1. The number of ether oxygens (including phenoxy) is 2. The van der Waals surface area contributed by atoms with Gasteiger partial charge in [0, 0.05) is 6.54 Å². The zero-order chi connectivity index (χ0) is 12.0. The first-order valence-electron chi connectivity index (χ1n) is 6.06. The quantitative estimate of drug-likeness (QED) is 0.691. The van der Waals surface area contributed by atoms with E-state index in [1.165, 1.54) is 0 Å². The maximum Gasteiger partial charge on any atom is 0.321 e. The van der Waals surface area contributed by atoms with Crippen molar-refractivity contribution in [2.24, 2.45) is 10.4 Å². The van der Waals surface area contributed by atoms with Crippen molar-refractivity contribution >= 4 is 11.9 Å². The molecule has 16 heavy (non-hydrogen) atoms. The van der Waals surface area contributed by atoms with Crippen LogP contribution in [0.2, 0.25) is 0 Å². The van der Waals surface area contributed by atoms with Gasteiger partial charge < -0.3 is 9.47 Å². The topological polar surface area (TPSA) is 47.9 Å². The second kappa shape index (κ2) is 5.87. The van der Waals surface area contributed by atoms with Crippen molar-refractivity contribution in [3.63, 3.8) is 0 Å². The molecule has 1 aliphatic heterocycles. The lowest BCUT2D eigenvalue weighted by Gasteiger charge is -2.33. The molecule has 0 aromatic rings. The fourth-order valence-corrected chi connectivity index (χ4v) is 2.07. The van der Waals surface area contributed by atoms with Gasteiger partial charge in [0.2, 0.25) is 5.90 Å². The van der Waals surface area contributed by atoms with E-state index in [9.17, 15) is 4.79 Å². The van der Waals surface area contributed by atoms with E-state index >= 15 is 0 Å². The Morgan fingerprint density at radius 3 is 2.69 bits per heavy atom. The normalized spacial score (nSPS) is 24.8. The summed E-state index contributed by atoms with van der Waals surface area (Å²) in [5.41, 5.74) is -0.635. The van der Waals surface area contributed by atoms with Crippen molar-refractivity contribution in [3.05, 3.63) is 0 Å². The summed E-state index contributed by atoms with van der Waals surface area (Å²) in [6.07, 6.45) is 2.38. The van der Waals surface area contributed by atoms with Crippen LogP contribution in [0.1, 0.15) is 40.0 Å². The molecule has 0 fully saturated rings. The maximum absolute atomic E-state index is 12.1. The van der Waals surface area contributed by atoms with Crippen molar-refractivity contribution < 1.29 is 14.3 Å². The summed E-state index contributed by atoms with van der Waals surface area (Å²) in [7, 11) is 0. The fraction of sp³-hybridized carbons (Fsp3) is 0.833. The molecule has 0 saturated carbocycles. The van der Waals surface area contributed by atoms with E-state index in [-0.39, 0.29) is 5.97 Å². The van der Waals surface area contributed by atoms with E-state index in [2.05, 4.69) is 4.99 Å². The van der Waals surface area contributed by atoms with Crippen LogP contribution >= 0.6 is 0 Å². The van der Waals surface area contributed by atoms with Gasteiger partial charge in [-0.25, -0.2) is 0 Å². The third kappa shape index (κ3) is 2.36. The Balaban J connectivity index is 2.94. The number of nitrogens with zero attached hydrogens (tertiary/aromatic N) is 1. The summed E-state index contributed by atoms with van der Waals surface area (Å²) in [6.45, 7) is 7.40. The molecule has 4 heteroatoms. The van der Waals surface area contributed by atoms with E-state index in [0.29, 0.717) is 25.5 Å². The number of rotatable bonds is 4. The molecule has 1 heterocycles. The maximum atomic E-state index is 12.1. The average Bonchev–Trinajstić information content (AvgIpc) is 2.30. The summed E-state index contributed by atoms with van der Waals surface area (Å²) in [5, 5.41) is 0. The van der Waals surface area contributed by atoms with Crippen LogP contribution in [-0.4, -0.2) is 31.6 Å². The van der Waals surface area contributed by atoms with Crippen LogP contribution in [0.25, 0.3) is 0 Å². The van der Waals surface area contributed by atoms with Crippen LogP contribution in [0.4, 0.5) is 0 Å². The van der Waals surface area contributed by atoms with E-state index in [4.69, 9.17) is 9.47 Å². The molecular formula is C12H21NO3. The number of hydrogen-bond donors (Lipinski definition) is 0. The molecule has 0 aliphatic carbocycles. The highest BCUT2D eigenvalue weighted by Gasteiger charge is 2.46. The molecule has 0 amide bonds. The minimum absolute atomic E-state index is 0.190. The molecule has 0 aromatic heterocycles. The zero-order valence-corrected chi connectivity index (χ0v) is 10.4. The predicted octanol–water partition coefficient (Wildman–Crippen LogP) is 2.17. The Hall–Kier alpha value is -1.06. The minimum atomic E-state index is -0.635. The van der Waals surface area contributed by atoms with Gasteiger partial charge in [-0.2, -0.15) is 0 Å². The van der Waals surface area contributed by atoms with Crippen LogP contribution in [-0.2, 0) is 14.3 Å². The molecule has 1 unspecified atom stereocenters. The van der Waals surface area contributed by atoms with Gasteiger partial charge in [0.05, 0.1) is 13.2 Å². The van der Waals surface area contributed by atoms with Crippen LogP contribution in [0.15, 0.2) is 4.99 Å². The Morgan fingerprint density at radius 1 is 1.38 bits per heavy atom. The predicted molar refractivity (Wildman–Crippen MR) is 62.5 cm³/mol.